The number of furan rings is 1. The van der Waals surface area contributed by atoms with Crippen molar-refractivity contribution in [2.75, 3.05) is 26.2 Å². The maximum atomic E-state index is 12.3. The zero-order valence-electron chi connectivity index (χ0n) is 13.7. The number of aryl methyl sites for hydroxylation is 1. The zero-order valence-corrected chi connectivity index (χ0v) is 13.7. The molecule has 1 aliphatic heterocycles. The Hall–Kier alpha value is -2.76. The second kappa shape index (κ2) is 7.21. The van der Waals surface area contributed by atoms with Gasteiger partial charge in [-0.2, -0.15) is 0 Å². The van der Waals surface area contributed by atoms with E-state index in [1.807, 2.05) is 25.1 Å². The summed E-state index contributed by atoms with van der Waals surface area (Å²) in [4.78, 5) is 27.9. The number of rotatable bonds is 3. The van der Waals surface area contributed by atoms with Crippen LogP contribution in [0.5, 0.6) is 0 Å². The predicted molar refractivity (Wildman–Crippen MR) is 89.6 cm³/mol. The van der Waals surface area contributed by atoms with Gasteiger partial charge in [0.1, 0.15) is 0 Å². The van der Waals surface area contributed by atoms with Gasteiger partial charge in [0.2, 0.25) is 0 Å². The third-order valence-electron chi connectivity index (χ3n) is 4.11. The first kappa shape index (κ1) is 16.1. The summed E-state index contributed by atoms with van der Waals surface area (Å²) in [6.45, 7) is 4.60. The zero-order chi connectivity index (χ0) is 16.9. The summed E-state index contributed by atoms with van der Waals surface area (Å²) in [7, 11) is 0. The second-order valence-electron chi connectivity index (χ2n) is 5.90. The molecule has 1 fully saturated rings. The van der Waals surface area contributed by atoms with Crippen molar-refractivity contribution in [2.45, 2.75) is 13.5 Å². The van der Waals surface area contributed by atoms with Gasteiger partial charge < -0.3 is 19.5 Å². The molecular formula is C18H21N3O3. The summed E-state index contributed by atoms with van der Waals surface area (Å²) in [5.74, 6) is 0.215. The molecule has 1 aromatic heterocycles. The number of urea groups is 1. The molecule has 2 aromatic rings. The normalized spacial score (nSPS) is 14.5. The second-order valence-corrected chi connectivity index (χ2v) is 5.90. The average Bonchev–Trinajstić information content (AvgIpc) is 3.14. The Balaban J connectivity index is 1.47. The molecule has 6 heteroatoms. The van der Waals surface area contributed by atoms with E-state index >= 15 is 0 Å². The van der Waals surface area contributed by atoms with Crippen LogP contribution in [0.1, 0.15) is 21.7 Å². The Bertz CT molecular complexity index is 704. The molecule has 0 spiro atoms. The minimum absolute atomic E-state index is 0.0957. The molecule has 1 N–H and O–H groups in total. The van der Waals surface area contributed by atoms with E-state index in [1.54, 1.807) is 21.9 Å². The summed E-state index contributed by atoms with van der Waals surface area (Å²) >= 11 is 0. The Labute approximate surface area is 141 Å². The van der Waals surface area contributed by atoms with Crippen LogP contribution in [0, 0.1) is 6.92 Å². The quantitative estimate of drug-likeness (QED) is 0.940. The van der Waals surface area contributed by atoms with Gasteiger partial charge in [0, 0.05) is 32.7 Å². The Morgan fingerprint density at radius 2 is 1.83 bits per heavy atom. The van der Waals surface area contributed by atoms with E-state index in [4.69, 9.17) is 4.42 Å². The highest BCUT2D eigenvalue weighted by Gasteiger charge is 2.25. The molecule has 3 amide bonds. The molecule has 1 aliphatic rings. The van der Waals surface area contributed by atoms with Crippen LogP contribution in [-0.2, 0) is 6.54 Å². The minimum atomic E-state index is -0.125. The fraction of sp³-hybridized carbons (Fsp3) is 0.333. The van der Waals surface area contributed by atoms with Crippen molar-refractivity contribution >= 4 is 11.9 Å². The third-order valence-corrected chi connectivity index (χ3v) is 4.11. The summed E-state index contributed by atoms with van der Waals surface area (Å²) < 4.78 is 5.14. The fourth-order valence-electron chi connectivity index (χ4n) is 2.78. The maximum Gasteiger partial charge on any atom is 0.317 e. The molecule has 0 unspecified atom stereocenters. The average molecular weight is 327 g/mol. The van der Waals surface area contributed by atoms with E-state index in [-0.39, 0.29) is 11.9 Å². The lowest BCUT2D eigenvalue weighted by Gasteiger charge is -2.34. The molecule has 126 valence electrons. The Morgan fingerprint density at radius 3 is 2.50 bits per heavy atom. The number of hydrogen-bond donors (Lipinski definition) is 1. The number of carbonyl (C=O) groups is 2. The van der Waals surface area contributed by atoms with E-state index in [2.05, 4.69) is 11.4 Å². The van der Waals surface area contributed by atoms with Crippen molar-refractivity contribution in [3.63, 3.8) is 0 Å². The maximum absolute atomic E-state index is 12.3. The summed E-state index contributed by atoms with van der Waals surface area (Å²) in [6, 6.07) is 11.3. The number of piperazine rings is 1. The number of amides is 3. The first-order valence-corrected chi connectivity index (χ1v) is 8.04. The lowest BCUT2D eigenvalue weighted by Crippen LogP contribution is -2.53. The van der Waals surface area contributed by atoms with Gasteiger partial charge >= 0.3 is 6.03 Å². The summed E-state index contributed by atoms with van der Waals surface area (Å²) in [5.41, 5.74) is 2.25. The molecular weight excluding hydrogens is 306 g/mol. The number of hydrogen-bond acceptors (Lipinski definition) is 3. The molecule has 0 aliphatic carbocycles. The molecule has 3 rings (SSSR count). The van der Waals surface area contributed by atoms with Gasteiger partial charge in [-0.25, -0.2) is 4.79 Å². The van der Waals surface area contributed by atoms with E-state index < -0.39 is 0 Å². The number of carbonyl (C=O) groups excluding carboxylic acids is 2. The molecule has 0 atom stereocenters. The van der Waals surface area contributed by atoms with E-state index in [0.717, 1.165) is 5.56 Å². The van der Waals surface area contributed by atoms with Gasteiger partial charge in [-0.3, -0.25) is 4.79 Å². The van der Waals surface area contributed by atoms with Crippen molar-refractivity contribution in [2.24, 2.45) is 0 Å². The highest BCUT2D eigenvalue weighted by Crippen LogP contribution is 2.10. The minimum Gasteiger partial charge on any atom is -0.459 e. The highest BCUT2D eigenvalue weighted by molar-refractivity contribution is 5.91. The molecule has 2 heterocycles. The van der Waals surface area contributed by atoms with Crippen LogP contribution < -0.4 is 5.32 Å². The largest absolute Gasteiger partial charge is 0.459 e. The van der Waals surface area contributed by atoms with Crippen LogP contribution in [0.3, 0.4) is 0 Å². The predicted octanol–water partition coefficient (Wildman–Crippen LogP) is 2.26. The van der Waals surface area contributed by atoms with Gasteiger partial charge in [0.25, 0.3) is 5.91 Å². The molecule has 6 nitrogen and oxygen atoms in total. The summed E-state index contributed by atoms with van der Waals surface area (Å²) in [6.07, 6.45) is 1.49. The summed E-state index contributed by atoms with van der Waals surface area (Å²) in [5, 5.41) is 2.93. The molecule has 0 bridgehead atoms. The third kappa shape index (κ3) is 3.76. The molecule has 0 radical (unpaired) electrons. The fourth-order valence-corrected chi connectivity index (χ4v) is 2.78. The van der Waals surface area contributed by atoms with Crippen LogP contribution in [0.2, 0.25) is 0 Å². The molecule has 1 aromatic carbocycles. The standard InChI is InChI=1S/C18H21N3O3/c1-14-4-2-5-15(12-14)13-19-18(23)21-9-7-20(8-10-21)17(22)16-6-3-11-24-16/h2-6,11-12H,7-10,13H2,1H3,(H,19,23). The van der Waals surface area contributed by atoms with Crippen LogP contribution in [-0.4, -0.2) is 47.9 Å². The van der Waals surface area contributed by atoms with Gasteiger partial charge in [-0.1, -0.05) is 29.8 Å². The highest BCUT2D eigenvalue weighted by atomic mass is 16.3. The molecule has 0 saturated carbocycles. The van der Waals surface area contributed by atoms with E-state index in [9.17, 15) is 9.59 Å². The van der Waals surface area contributed by atoms with Crippen LogP contribution in [0.15, 0.2) is 47.1 Å². The van der Waals surface area contributed by atoms with Crippen molar-refractivity contribution < 1.29 is 14.0 Å². The van der Waals surface area contributed by atoms with Crippen LogP contribution in [0.25, 0.3) is 0 Å². The SMILES string of the molecule is Cc1cccc(CNC(=O)N2CCN(C(=O)c3ccco3)CC2)c1. The first-order chi connectivity index (χ1) is 11.6. The number of benzene rings is 1. The monoisotopic (exact) mass is 327 g/mol. The lowest BCUT2D eigenvalue weighted by molar-refractivity contribution is 0.0634. The van der Waals surface area contributed by atoms with Gasteiger partial charge in [0.15, 0.2) is 5.76 Å². The van der Waals surface area contributed by atoms with E-state index in [1.165, 1.54) is 11.8 Å². The lowest BCUT2D eigenvalue weighted by atomic mass is 10.1. The van der Waals surface area contributed by atoms with E-state index in [0.29, 0.717) is 38.5 Å². The molecule has 1 saturated heterocycles. The van der Waals surface area contributed by atoms with Crippen molar-refractivity contribution in [3.05, 3.63) is 59.5 Å². The number of nitrogens with zero attached hydrogens (tertiary/aromatic N) is 2. The Kier molecular flexibility index (Phi) is 4.84. The van der Waals surface area contributed by atoms with Gasteiger partial charge in [0.05, 0.1) is 6.26 Å². The smallest absolute Gasteiger partial charge is 0.317 e. The van der Waals surface area contributed by atoms with Gasteiger partial charge in [-0.15, -0.1) is 0 Å². The number of nitrogens with one attached hydrogen (secondary N) is 1. The first-order valence-electron chi connectivity index (χ1n) is 8.04. The van der Waals surface area contributed by atoms with Crippen molar-refractivity contribution in [1.29, 1.82) is 0 Å². The van der Waals surface area contributed by atoms with Crippen molar-refractivity contribution in [3.8, 4) is 0 Å². The van der Waals surface area contributed by atoms with Gasteiger partial charge in [-0.05, 0) is 24.6 Å². The topological polar surface area (TPSA) is 65.8 Å². The van der Waals surface area contributed by atoms with Crippen LogP contribution >= 0.6 is 0 Å². The molecule has 24 heavy (non-hydrogen) atoms. The Morgan fingerprint density at radius 1 is 1.08 bits per heavy atom. The van der Waals surface area contributed by atoms with Crippen molar-refractivity contribution in [1.82, 2.24) is 15.1 Å². The van der Waals surface area contributed by atoms with Crippen LogP contribution in [0.4, 0.5) is 4.79 Å².